The molecule has 2 N–H and O–H groups in total. The monoisotopic (exact) mass is 529 g/mol. The number of amides is 3. The molecule has 3 amide bonds. The Kier molecular flexibility index (Phi) is 9.92. The fraction of sp³-hybridized carbons (Fsp3) is 0.429. The van der Waals surface area contributed by atoms with Gasteiger partial charge < -0.3 is 20.3 Å². The van der Waals surface area contributed by atoms with Crippen molar-refractivity contribution in [3.05, 3.63) is 71.3 Å². The molecule has 8 nitrogen and oxygen atoms in total. The van der Waals surface area contributed by atoms with Crippen LogP contribution in [0, 0.1) is 17.6 Å². The molecule has 1 heterocycles. The predicted molar refractivity (Wildman–Crippen MR) is 135 cm³/mol. The summed E-state index contributed by atoms with van der Waals surface area (Å²) in [5, 5.41) is 5.40. The number of halogens is 2. The lowest BCUT2D eigenvalue weighted by molar-refractivity contribution is -0.145. The average molecular weight is 530 g/mol. The van der Waals surface area contributed by atoms with Crippen molar-refractivity contribution in [2.45, 2.75) is 64.2 Å². The summed E-state index contributed by atoms with van der Waals surface area (Å²) in [6.07, 6.45) is 0.671. The number of hydrogen-bond acceptors (Lipinski definition) is 5. The van der Waals surface area contributed by atoms with Gasteiger partial charge in [0.15, 0.2) is 11.6 Å². The van der Waals surface area contributed by atoms with E-state index >= 15 is 0 Å². The van der Waals surface area contributed by atoms with E-state index in [1.54, 1.807) is 13.8 Å². The van der Waals surface area contributed by atoms with Crippen LogP contribution in [0.25, 0.3) is 0 Å². The molecule has 0 aliphatic carbocycles. The number of carbonyl (C=O) groups excluding carboxylic acids is 4. The van der Waals surface area contributed by atoms with Gasteiger partial charge in [-0.05, 0) is 24.0 Å². The quantitative estimate of drug-likeness (QED) is 0.436. The third kappa shape index (κ3) is 7.36. The van der Waals surface area contributed by atoms with Crippen LogP contribution in [0.1, 0.15) is 44.2 Å². The zero-order valence-corrected chi connectivity index (χ0v) is 21.7. The van der Waals surface area contributed by atoms with Crippen LogP contribution in [0.15, 0.2) is 48.5 Å². The number of nitrogens with zero attached hydrogens (tertiary/aromatic N) is 1. The number of hydrogen-bond donors (Lipinski definition) is 2. The second-order valence-corrected chi connectivity index (χ2v) is 9.69. The van der Waals surface area contributed by atoms with Crippen LogP contribution in [0.3, 0.4) is 0 Å². The minimum atomic E-state index is -1.03. The second kappa shape index (κ2) is 13.1. The lowest BCUT2D eigenvalue weighted by Gasteiger charge is -2.27. The largest absolute Gasteiger partial charge is 0.467 e. The van der Waals surface area contributed by atoms with Gasteiger partial charge in [-0.1, -0.05) is 56.3 Å². The number of nitrogens with one attached hydrogen (secondary N) is 2. The fourth-order valence-corrected chi connectivity index (χ4v) is 4.50. The van der Waals surface area contributed by atoms with Crippen LogP contribution >= 0.6 is 0 Å². The number of rotatable bonds is 11. The molecule has 3 rings (SSSR count). The van der Waals surface area contributed by atoms with Gasteiger partial charge in [0.25, 0.3) is 0 Å². The molecule has 1 fully saturated rings. The van der Waals surface area contributed by atoms with E-state index < -0.39 is 47.5 Å². The van der Waals surface area contributed by atoms with Crippen molar-refractivity contribution in [3.8, 4) is 0 Å². The van der Waals surface area contributed by atoms with Crippen molar-refractivity contribution in [1.82, 2.24) is 15.5 Å². The number of methoxy groups -OCH3 is 1. The standard InChI is InChI=1S/C28H33F2N3O5/c1-17(2)26(27(36)31-22(28(37)38-3)14-18-8-5-4-6-9-18)32-23(34)15-20-12-13-24(35)33(20)16-19-10-7-11-21(29)25(19)30/h4-11,17,20,22,26H,12-16H2,1-3H3,(H,31,36)(H,32,34)/t20-,22-,26-/m0/s1. The predicted octanol–water partition coefficient (Wildman–Crippen LogP) is 2.89. The number of benzene rings is 2. The molecule has 10 heteroatoms. The van der Waals surface area contributed by atoms with Gasteiger partial charge in [0.1, 0.15) is 12.1 Å². The summed E-state index contributed by atoms with van der Waals surface area (Å²) in [7, 11) is 1.23. The Hall–Kier alpha value is -3.82. The highest BCUT2D eigenvalue weighted by molar-refractivity contribution is 5.91. The van der Waals surface area contributed by atoms with Gasteiger partial charge in [-0.2, -0.15) is 0 Å². The SMILES string of the molecule is COC(=O)[C@H](Cc1ccccc1)NC(=O)[C@@H](NC(=O)C[C@@H]1CCC(=O)N1Cc1cccc(F)c1F)C(C)C. The van der Waals surface area contributed by atoms with Crippen LogP contribution in [-0.4, -0.2) is 53.8 Å². The van der Waals surface area contributed by atoms with Gasteiger partial charge in [-0.15, -0.1) is 0 Å². The summed E-state index contributed by atoms with van der Waals surface area (Å²) < 4.78 is 32.7. The molecular formula is C28H33F2N3O5. The van der Waals surface area contributed by atoms with E-state index in [1.165, 1.54) is 24.1 Å². The topological polar surface area (TPSA) is 105 Å². The van der Waals surface area contributed by atoms with Gasteiger partial charge in [0.05, 0.1) is 7.11 Å². The van der Waals surface area contributed by atoms with Crippen molar-refractivity contribution in [2.24, 2.45) is 5.92 Å². The zero-order valence-electron chi connectivity index (χ0n) is 21.7. The molecule has 38 heavy (non-hydrogen) atoms. The van der Waals surface area contributed by atoms with E-state index in [0.717, 1.165) is 11.6 Å². The van der Waals surface area contributed by atoms with Crippen LogP contribution < -0.4 is 10.6 Å². The Morgan fingerprint density at radius 2 is 1.76 bits per heavy atom. The average Bonchev–Trinajstić information content (AvgIpc) is 3.23. The number of esters is 1. The number of ether oxygens (including phenoxy) is 1. The van der Waals surface area contributed by atoms with Gasteiger partial charge in [-0.25, -0.2) is 13.6 Å². The second-order valence-electron chi connectivity index (χ2n) is 9.69. The van der Waals surface area contributed by atoms with Gasteiger partial charge in [-0.3, -0.25) is 14.4 Å². The maximum Gasteiger partial charge on any atom is 0.328 e. The first kappa shape index (κ1) is 28.7. The minimum absolute atomic E-state index is 0.0253. The van der Waals surface area contributed by atoms with Crippen molar-refractivity contribution < 1.29 is 32.7 Å². The maximum absolute atomic E-state index is 14.2. The number of carbonyl (C=O) groups is 4. The van der Waals surface area contributed by atoms with E-state index in [9.17, 15) is 28.0 Å². The maximum atomic E-state index is 14.2. The van der Waals surface area contributed by atoms with E-state index in [4.69, 9.17) is 4.74 Å². The normalized spacial score (nSPS) is 16.7. The highest BCUT2D eigenvalue weighted by atomic mass is 19.2. The summed E-state index contributed by atoms with van der Waals surface area (Å²) in [6.45, 7) is 3.36. The smallest absolute Gasteiger partial charge is 0.328 e. The van der Waals surface area contributed by atoms with E-state index in [0.29, 0.717) is 6.42 Å². The Morgan fingerprint density at radius 3 is 2.42 bits per heavy atom. The molecule has 1 saturated heterocycles. The molecule has 1 aliphatic rings. The van der Waals surface area contributed by atoms with Crippen LogP contribution in [-0.2, 0) is 36.9 Å². The first-order valence-electron chi connectivity index (χ1n) is 12.5. The minimum Gasteiger partial charge on any atom is -0.467 e. The summed E-state index contributed by atoms with van der Waals surface area (Å²) in [5.74, 6) is -4.22. The molecule has 2 aromatic carbocycles. The molecule has 0 unspecified atom stereocenters. The van der Waals surface area contributed by atoms with Crippen molar-refractivity contribution >= 4 is 23.7 Å². The van der Waals surface area contributed by atoms with Crippen molar-refractivity contribution in [1.29, 1.82) is 0 Å². The molecule has 204 valence electrons. The molecule has 0 saturated carbocycles. The highest BCUT2D eigenvalue weighted by Crippen LogP contribution is 2.25. The highest BCUT2D eigenvalue weighted by Gasteiger charge is 2.35. The van der Waals surface area contributed by atoms with Crippen molar-refractivity contribution in [2.75, 3.05) is 7.11 Å². The Labute approximate surface area is 220 Å². The molecule has 3 atom stereocenters. The first-order chi connectivity index (χ1) is 18.1. The summed E-state index contributed by atoms with van der Waals surface area (Å²) in [5.41, 5.74) is 0.853. The van der Waals surface area contributed by atoms with Gasteiger partial charge in [0, 0.05) is 37.4 Å². The fourth-order valence-electron chi connectivity index (χ4n) is 4.50. The van der Waals surface area contributed by atoms with Crippen LogP contribution in [0.4, 0.5) is 8.78 Å². The molecule has 0 spiro atoms. The molecular weight excluding hydrogens is 496 g/mol. The van der Waals surface area contributed by atoms with Gasteiger partial charge in [0.2, 0.25) is 17.7 Å². The van der Waals surface area contributed by atoms with Crippen molar-refractivity contribution in [3.63, 3.8) is 0 Å². The van der Waals surface area contributed by atoms with E-state index in [2.05, 4.69) is 10.6 Å². The molecule has 0 bridgehead atoms. The van der Waals surface area contributed by atoms with Crippen LogP contribution in [0.5, 0.6) is 0 Å². The summed E-state index contributed by atoms with van der Waals surface area (Å²) in [6, 6.07) is 10.5. The Balaban J connectivity index is 1.65. The lowest BCUT2D eigenvalue weighted by atomic mass is 10.0. The molecule has 2 aromatic rings. The lowest BCUT2D eigenvalue weighted by Crippen LogP contribution is -2.54. The molecule has 1 aliphatic heterocycles. The molecule has 0 radical (unpaired) electrons. The first-order valence-corrected chi connectivity index (χ1v) is 12.5. The summed E-state index contributed by atoms with van der Waals surface area (Å²) in [4.78, 5) is 52.2. The Morgan fingerprint density at radius 1 is 1.05 bits per heavy atom. The third-order valence-electron chi connectivity index (χ3n) is 6.60. The van der Waals surface area contributed by atoms with E-state index in [-0.39, 0.29) is 43.2 Å². The molecule has 0 aromatic heterocycles. The van der Waals surface area contributed by atoms with Gasteiger partial charge >= 0.3 is 5.97 Å². The third-order valence-corrected chi connectivity index (χ3v) is 6.60. The van der Waals surface area contributed by atoms with Crippen LogP contribution in [0.2, 0.25) is 0 Å². The Bertz CT molecular complexity index is 1160. The summed E-state index contributed by atoms with van der Waals surface area (Å²) >= 11 is 0. The number of likely N-dealkylation sites (tertiary alicyclic amines) is 1. The van der Waals surface area contributed by atoms with E-state index in [1.807, 2.05) is 30.3 Å². The zero-order chi connectivity index (χ0) is 27.8.